The van der Waals surface area contributed by atoms with Gasteiger partial charge in [0, 0.05) is 11.6 Å². The Kier molecular flexibility index (Phi) is 3.08. The molecule has 0 radical (unpaired) electrons. The normalized spacial score (nSPS) is 12.2. The van der Waals surface area contributed by atoms with Crippen LogP contribution in [0.25, 0.3) is 15.3 Å². The number of rotatable bonds is 3. The Hall–Kier alpha value is -1.75. The van der Waals surface area contributed by atoms with E-state index in [1.807, 2.05) is 16.0 Å². The number of nitrogens with zero attached hydrogens (tertiary/aromatic N) is 2. The highest BCUT2D eigenvalue weighted by Crippen LogP contribution is 2.28. The number of thiazole rings is 1. The van der Waals surface area contributed by atoms with Crippen molar-refractivity contribution < 1.29 is 13.2 Å². The summed E-state index contributed by atoms with van der Waals surface area (Å²) in [5.41, 5.74) is 0.805. The third kappa shape index (κ3) is 2.15. The summed E-state index contributed by atoms with van der Waals surface area (Å²) < 4.78 is 28.2. The molecular formula is C12H7N3O3S4. The van der Waals surface area contributed by atoms with Gasteiger partial charge in [0.1, 0.15) is 9.04 Å². The molecule has 6 nitrogen and oxygen atoms in total. The van der Waals surface area contributed by atoms with E-state index in [9.17, 15) is 13.2 Å². The molecule has 0 saturated carbocycles. The van der Waals surface area contributed by atoms with Crippen LogP contribution in [0.5, 0.6) is 0 Å². The zero-order valence-corrected chi connectivity index (χ0v) is 14.0. The van der Waals surface area contributed by atoms with Crippen LogP contribution in [-0.4, -0.2) is 23.7 Å². The quantitative estimate of drug-likeness (QED) is 0.602. The van der Waals surface area contributed by atoms with E-state index in [1.165, 1.54) is 28.7 Å². The molecule has 0 spiro atoms. The number of amides is 1. The molecule has 10 heteroatoms. The minimum absolute atomic E-state index is 0.115. The Labute approximate surface area is 136 Å². The minimum atomic E-state index is -3.82. The molecule has 4 rings (SSSR count). The lowest BCUT2D eigenvalue weighted by atomic mass is 10.4. The van der Waals surface area contributed by atoms with Gasteiger partial charge in [-0.2, -0.15) is 0 Å². The lowest BCUT2D eigenvalue weighted by molar-refractivity contribution is 0.0985. The lowest BCUT2D eigenvalue weighted by Gasteiger charge is -2.02. The summed E-state index contributed by atoms with van der Waals surface area (Å²) in [7, 11) is -3.82. The molecule has 4 aromatic heterocycles. The topological polar surface area (TPSA) is 80.5 Å². The predicted molar refractivity (Wildman–Crippen MR) is 87.4 cm³/mol. The number of fused-ring (bicyclic) bond motifs is 3. The number of imidazole rings is 1. The highest BCUT2D eigenvalue weighted by molar-refractivity contribution is 7.92. The molecule has 0 fully saturated rings. The first-order chi connectivity index (χ1) is 10.5. The first kappa shape index (κ1) is 13.9. The van der Waals surface area contributed by atoms with Gasteiger partial charge in [-0.25, -0.2) is 18.1 Å². The molecule has 0 unspecified atom stereocenters. The summed E-state index contributed by atoms with van der Waals surface area (Å²) in [4.78, 5) is 18.5. The number of nitrogens with one attached hydrogen (secondary N) is 1. The van der Waals surface area contributed by atoms with Gasteiger partial charge in [-0.3, -0.25) is 9.20 Å². The highest BCUT2D eigenvalue weighted by Gasteiger charge is 2.22. The second kappa shape index (κ2) is 4.88. The molecular weight excluding hydrogens is 362 g/mol. The maximum Gasteiger partial charge on any atom is 0.275 e. The van der Waals surface area contributed by atoms with Crippen molar-refractivity contribution in [1.29, 1.82) is 0 Å². The van der Waals surface area contributed by atoms with Gasteiger partial charge < -0.3 is 0 Å². The van der Waals surface area contributed by atoms with Gasteiger partial charge in [0.15, 0.2) is 4.96 Å². The summed E-state index contributed by atoms with van der Waals surface area (Å²) in [6, 6.07) is 4.74. The van der Waals surface area contributed by atoms with E-state index in [4.69, 9.17) is 0 Å². The van der Waals surface area contributed by atoms with Crippen LogP contribution in [0.15, 0.2) is 39.4 Å². The Morgan fingerprint density at radius 2 is 2.14 bits per heavy atom. The van der Waals surface area contributed by atoms with Crippen molar-refractivity contribution in [1.82, 2.24) is 14.1 Å². The van der Waals surface area contributed by atoms with Crippen molar-refractivity contribution in [2.75, 3.05) is 0 Å². The molecule has 4 aromatic rings. The number of hydrogen-bond donors (Lipinski definition) is 1. The number of carbonyl (C=O) groups is 1. The van der Waals surface area contributed by atoms with Crippen LogP contribution in [0, 0.1) is 0 Å². The maximum absolute atomic E-state index is 12.2. The second-order valence-corrected chi connectivity index (χ2v) is 9.10. The lowest BCUT2D eigenvalue weighted by Crippen LogP contribution is -2.29. The molecule has 0 aliphatic carbocycles. The third-order valence-electron chi connectivity index (χ3n) is 2.95. The summed E-state index contributed by atoms with van der Waals surface area (Å²) >= 11 is 3.74. The van der Waals surface area contributed by atoms with Crippen LogP contribution < -0.4 is 4.72 Å². The van der Waals surface area contributed by atoms with Gasteiger partial charge in [0.2, 0.25) is 0 Å². The number of hydrogen-bond acceptors (Lipinski definition) is 7. The fourth-order valence-corrected chi connectivity index (χ4v) is 5.72. The second-order valence-electron chi connectivity index (χ2n) is 4.34. The van der Waals surface area contributed by atoms with Gasteiger partial charge in [0.05, 0.1) is 10.4 Å². The Morgan fingerprint density at radius 1 is 1.27 bits per heavy atom. The first-order valence-electron chi connectivity index (χ1n) is 6.00. The van der Waals surface area contributed by atoms with E-state index < -0.39 is 15.9 Å². The fourth-order valence-electron chi connectivity index (χ4n) is 2.00. The van der Waals surface area contributed by atoms with E-state index in [-0.39, 0.29) is 4.21 Å². The van der Waals surface area contributed by atoms with E-state index in [1.54, 1.807) is 17.5 Å². The van der Waals surface area contributed by atoms with Crippen molar-refractivity contribution in [3.8, 4) is 0 Å². The average Bonchev–Trinajstić information content (AvgIpc) is 3.20. The smallest absolute Gasteiger partial charge is 0.275 e. The van der Waals surface area contributed by atoms with Crippen molar-refractivity contribution in [3.63, 3.8) is 0 Å². The van der Waals surface area contributed by atoms with Crippen molar-refractivity contribution >= 4 is 65.2 Å². The van der Waals surface area contributed by atoms with E-state index in [0.29, 0.717) is 9.71 Å². The summed E-state index contributed by atoms with van der Waals surface area (Å²) in [5.74, 6) is -0.639. The largest absolute Gasteiger partial charge is 0.289 e. The zero-order valence-electron chi connectivity index (χ0n) is 10.7. The molecule has 0 aromatic carbocycles. The van der Waals surface area contributed by atoms with E-state index in [2.05, 4.69) is 9.71 Å². The van der Waals surface area contributed by atoms with E-state index in [0.717, 1.165) is 21.8 Å². The van der Waals surface area contributed by atoms with Crippen LogP contribution in [0.4, 0.5) is 0 Å². The highest BCUT2D eigenvalue weighted by atomic mass is 32.2. The van der Waals surface area contributed by atoms with Crippen LogP contribution >= 0.6 is 34.0 Å². The molecule has 0 aliphatic heterocycles. The molecule has 112 valence electrons. The van der Waals surface area contributed by atoms with Crippen LogP contribution in [0.3, 0.4) is 0 Å². The van der Waals surface area contributed by atoms with Crippen molar-refractivity contribution in [3.05, 3.63) is 40.0 Å². The monoisotopic (exact) mass is 369 g/mol. The molecule has 4 heterocycles. The minimum Gasteiger partial charge on any atom is -0.289 e. The first-order valence-corrected chi connectivity index (χ1v) is 10.1. The summed E-state index contributed by atoms with van der Waals surface area (Å²) in [5, 5.41) is 3.55. The Balaban J connectivity index is 1.69. The maximum atomic E-state index is 12.2. The van der Waals surface area contributed by atoms with Crippen molar-refractivity contribution in [2.24, 2.45) is 0 Å². The van der Waals surface area contributed by atoms with Gasteiger partial charge in [-0.1, -0.05) is 6.07 Å². The number of aromatic nitrogens is 2. The zero-order chi connectivity index (χ0) is 15.3. The molecule has 1 amide bonds. The standard InChI is InChI=1S/C12H7N3O3S4/c16-10(14-22(17,18)9-2-1-4-19-9)8-6-7-11(21-8)13-12-15(7)3-5-20-12/h1-6H,(H,14,16). The number of carbonyl (C=O) groups excluding carboxylic acids is 1. The van der Waals surface area contributed by atoms with E-state index >= 15 is 0 Å². The third-order valence-corrected chi connectivity index (χ3v) is 7.45. The van der Waals surface area contributed by atoms with Gasteiger partial charge in [-0.05, 0) is 17.5 Å². The predicted octanol–water partition coefficient (Wildman–Crippen LogP) is 2.79. The number of sulfonamides is 1. The SMILES string of the molecule is O=C(NS(=O)(=O)c1cccs1)c1cc2c(nc3sccn32)s1. The van der Waals surface area contributed by atoms with Gasteiger partial charge in [-0.15, -0.1) is 34.0 Å². The van der Waals surface area contributed by atoms with Gasteiger partial charge in [0.25, 0.3) is 15.9 Å². The van der Waals surface area contributed by atoms with Crippen LogP contribution in [0.2, 0.25) is 0 Å². The molecule has 0 saturated heterocycles. The molecule has 0 bridgehead atoms. The summed E-state index contributed by atoms with van der Waals surface area (Å²) in [6.45, 7) is 0. The Bertz CT molecular complexity index is 1090. The average molecular weight is 369 g/mol. The molecule has 0 aliphatic rings. The Morgan fingerprint density at radius 3 is 2.91 bits per heavy atom. The molecule has 22 heavy (non-hydrogen) atoms. The van der Waals surface area contributed by atoms with Crippen LogP contribution in [0.1, 0.15) is 9.67 Å². The molecule has 0 atom stereocenters. The van der Waals surface area contributed by atoms with Crippen molar-refractivity contribution in [2.45, 2.75) is 4.21 Å². The molecule has 1 N–H and O–H groups in total. The van der Waals surface area contributed by atoms with Gasteiger partial charge >= 0.3 is 0 Å². The fraction of sp³-hybridized carbons (Fsp3) is 0. The summed E-state index contributed by atoms with van der Waals surface area (Å²) in [6.07, 6.45) is 1.87. The number of thiophene rings is 2. The van der Waals surface area contributed by atoms with Crippen LogP contribution in [-0.2, 0) is 10.0 Å².